The molecule has 4 rings (SSSR count). The van der Waals surface area contributed by atoms with Crippen molar-refractivity contribution in [2.24, 2.45) is 23.7 Å². The van der Waals surface area contributed by atoms with Crippen LogP contribution in [0.3, 0.4) is 0 Å². The summed E-state index contributed by atoms with van der Waals surface area (Å²) < 4.78 is 4.98. The summed E-state index contributed by atoms with van der Waals surface area (Å²) in [5.41, 5.74) is 2.58. The van der Waals surface area contributed by atoms with Gasteiger partial charge in [0.2, 0.25) is 11.8 Å². The van der Waals surface area contributed by atoms with Crippen LogP contribution in [0.4, 0.5) is 5.69 Å². The Morgan fingerprint density at radius 2 is 1.70 bits per heavy atom. The van der Waals surface area contributed by atoms with Crippen molar-refractivity contribution < 1.29 is 23.9 Å². The van der Waals surface area contributed by atoms with Crippen molar-refractivity contribution in [1.82, 2.24) is 4.90 Å². The van der Waals surface area contributed by atoms with Gasteiger partial charge in [-0.25, -0.2) is 0 Å². The fourth-order valence-electron chi connectivity index (χ4n) is 5.03. The van der Waals surface area contributed by atoms with Gasteiger partial charge in [0.25, 0.3) is 5.91 Å². The Morgan fingerprint density at radius 3 is 2.27 bits per heavy atom. The van der Waals surface area contributed by atoms with E-state index in [0.717, 1.165) is 16.0 Å². The lowest BCUT2D eigenvalue weighted by Gasteiger charge is -2.28. The molecule has 0 unspecified atom stereocenters. The third-order valence-electron chi connectivity index (χ3n) is 6.39. The lowest BCUT2D eigenvalue weighted by Crippen LogP contribution is -2.38. The van der Waals surface area contributed by atoms with E-state index < -0.39 is 48.7 Å². The van der Waals surface area contributed by atoms with Crippen LogP contribution in [0.2, 0.25) is 0 Å². The lowest BCUT2D eigenvalue weighted by molar-refractivity contribution is -0.154. The zero-order valence-electron chi connectivity index (χ0n) is 16.6. The Balaban J connectivity index is 1.32. The summed E-state index contributed by atoms with van der Waals surface area (Å²) in [6, 6.07) is 5.56. The third kappa shape index (κ3) is 3.48. The molecule has 30 heavy (non-hydrogen) atoms. The fraction of sp³-hybridized carbons (Fsp3) is 0.524. The molecule has 160 valence electrons. The minimum absolute atomic E-state index is 0.148. The van der Waals surface area contributed by atoms with Gasteiger partial charge in [0.1, 0.15) is 6.54 Å². The predicted molar refractivity (Wildman–Crippen MR) is 110 cm³/mol. The number of benzene rings is 1. The molecule has 2 bridgehead atoms. The van der Waals surface area contributed by atoms with E-state index in [2.05, 4.69) is 5.32 Å². The van der Waals surface area contributed by atoms with Crippen molar-refractivity contribution in [3.8, 4) is 0 Å². The smallest absolute Gasteiger partial charge is 0.326 e. The van der Waals surface area contributed by atoms with Crippen LogP contribution in [0.25, 0.3) is 0 Å². The first-order valence-electron chi connectivity index (χ1n) is 9.85. The Labute approximate surface area is 184 Å². The molecule has 1 aliphatic heterocycles. The monoisotopic (exact) mass is 452 g/mol. The van der Waals surface area contributed by atoms with E-state index in [0.29, 0.717) is 12.1 Å². The molecule has 3 aliphatic rings. The Kier molecular flexibility index (Phi) is 5.53. The number of esters is 1. The number of halogens is 2. The number of likely N-dealkylation sites (tertiary alicyclic amines) is 1. The number of nitrogens with one attached hydrogen (secondary N) is 1. The van der Waals surface area contributed by atoms with E-state index in [1.165, 1.54) is 0 Å². The van der Waals surface area contributed by atoms with Crippen molar-refractivity contribution in [1.29, 1.82) is 0 Å². The molecule has 2 saturated carbocycles. The predicted octanol–water partition coefficient (Wildman–Crippen LogP) is 2.25. The highest BCUT2D eigenvalue weighted by Gasteiger charge is 2.66. The third-order valence-corrected chi connectivity index (χ3v) is 7.71. The van der Waals surface area contributed by atoms with Gasteiger partial charge in [-0.3, -0.25) is 24.1 Å². The van der Waals surface area contributed by atoms with Crippen molar-refractivity contribution in [2.75, 3.05) is 18.5 Å². The Bertz CT molecular complexity index is 904. The topological polar surface area (TPSA) is 92.8 Å². The van der Waals surface area contributed by atoms with E-state index in [-0.39, 0.29) is 22.6 Å². The number of fused-ring (bicyclic) bond motifs is 5. The summed E-state index contributed by atoms with van der Waals surface area (Å²) >= 11 is 12.6. The summed E-state index contributed by atoms with van der Waals surface area (Å²) in [7, 11) is 0. The Hall–Kier alpha value is -2.12. The van der Waals surface area contributed by atoms with Gasteiger partial charge in [-0.15, -0.1) is 23.2 Å². The molecular formula is C21H22Cl2N2O5. The van der Waals surface area contributed by atoms with Gasteiger partial charge < -0.3 is 10.1 Å². The summed E-state index contributed by atoms with van der Waals surface area (Å²) in [6.07, 6.45) is 0.659. The maximum atomic E-state index is 12.7. The second-order valence-electron chi connectivity index (χ2n) is 8.29. The number of carbonyl (C=O) groups excluding carboxylic acids is 4. The van der Waals surface area contributed by atoms with Crippen molar-refractivity contribution >= 4 is 52.6 Å². The van der Waals surface area contributed by atoms with Gasteiger partial charge in [-0.05, 0) is 43.7 Å². The maximum absolute atomic E-state index is 12.7. The normalized spacial score (nSPS) is 31.8. The van der Waals surface area contributed by atoms with Crippen LogP contribution in [0.5, 0.6) is 0 Å². The number of amides is 3. The zero-order chi connectivity index (χ0) is 21.7. The quantitative estimate of drug-likeness (QED) is 0.420. The number of alkyl halides is 2. The van der Waals surface area contributed by atoms with E-state index in [1.807, 2.05) is 26.0 Å². The molecule has 3 amide bonds. The molecule has 6 atom stereocenters. The molecule has 1 aromatic carbocycles. The number of imide groups is 1. The van der Waals surface area contributed by atoms with E-state index in [4.69, 9.17) is 27.9 Å². The molecule has 2 aliphatic carbocycles. The molecule has 1 saturated heterocycles. The van der Waals surface area contributed by atoms with Crippen molar-refractivity contribution in [3.63, 3.8) is 0 Å². The fourth-order valence-corrected chi connectivity index (χ4v) is 5.92. The molecular weight excluding hydrogens is 431 g/mol. The first kappa shape index (κ1) is 21.1. The lowest BCUT2D eigenvalue weighted by atomic mass is 9.80. The van der Waals surface area contributed by atoms with Crippen molar-refractivity contribution in [2.45, 2.75) is 31.0 Å². The number of hydrogen-bond donors (Lipinski definition) is 1. The first-order chi connectivity index (χ1) is 14.2. The van der Waals surface area contributed by atoms with Crippen molar-refractivity contribution in [3.05, 3.63) is 29.3 Å². The van der Waals surface area contributed by atoms with E-state index >= 15 is 0 Å². The van der Waals surface area contributed by atoms with E-state index in [1.54, 1.807) is 6.07 Å². The number of anilines is 1. The standard InChI is InChI=1S/C21H22Cl2N2O5/c1-9-3-4-13(10(2)5-9)24-14(26)8-30-15(27)7-25-20(28)16-11-6-12(17(16)21(25)29)19(23)18(11)22/h3-5,11-12,16-19H,6-8H2,1-2H3,(H,24,26)/t11-,12-,16-,17+,18+,19+/m1/s1. The van der Waals surface area contributed by atoms with Crippen LogP contribution in [-0.2, 0) is 23.9 Å². The van der Waals surface area contributed by atoms with E-state index in [9.17, 15) is 19.2 Å². The highest BCUT2D eigenvalue weighted by atomic mass is 35.5. The number of hydrogen-bond acceptors (Lipinski definition) is 5. The molecule has 0 spiro atoms. The van der Waals surface area contributed by atoms with Crippen LogP contribution < -0.4 is 5.32 Å². The van der Waals surface area contributed by atoms with Gasteiger partial charge in [-0.1, -0.05) is 17.7 Å². The molecule has 1 N–H and O–H groups in total. The van der Waals surface area contributed by atoms with Gasteiger partial charge in [0.15, 0.2) is 6.61 Å². The van der Waals surface area contributed by atoms with Gasteiger partial charge in [0, 0.05) is 5.69 Å². The summed E-state index contributed by atoms with van der Waals surface area (Å²) in [6.45, 7) is 2.79. The first-order valence-corrected chi connectivity index (χ1v) is 10.7. The minimum atomic E-state index is -0.815. The molecule has 9 heteroatoms. The van der Waals surface area contributed by atoms with Crippen LogP contribution in [0.15, 0.2) is 18.2 Å². The average Bonchev–Trinajstić information content (AvgIpc) is 3.29. The molecule has 0 radical (unpaired) electrons. The highest BCUT2D eigenvalue weighted by molar-refractivity contribution is 6.31. The average molecular weight is 453 g/mol. The second kappa shape index (κ2) is 7.85. The second-order valence-corrected chi connectivity index (χ2v) is 9.30. The number of aryl methyl sites for hydroxylation is 2. The summed E-state index contributed by atoms with van der Waals surface area (Å²) in [4.78, 5) is 50.7. The van der Waals surface area contributed by atoms with Crippen LogP contribution in [0, 0.1) is 37.5 Å². The number of nitrogens with zero attached hydrogens (tertiary/aromatic N) is 1. The minimum Gasteiger partial charge on any atom is -0.454 e. The maximum Gasteiger partial charge on any atom is 0.326 e. The zero-order valence-corrected chi connectivity index (χ0v) is 18.1. The number of ether oxygens (including phenoxy) is 1. The molecule has 7 nitrogen and oxygen atoms in total. The highest BCUT2D eigenvalue weighted by Crippen LogP contribution is 2.59. The van der Waals surface area contributed by atoms with Gasteiger partial charge in [0.05, 0.1) is 22.6 Å². The summed E-state index contributed by atoms with van der Waals surface area (Å²) in [5.74, 6) is -3.44. The summed E-state index contributed by atoms with van der Waals surface area (Å²) in [5, 5.41) is 1.97. The number of carbonyl (C=O) groups is 4. The molecule has 0 aromatic heterocycles. The largest absolute Gasteiger partial charge is 0.454 e. The molecule has 1 aromatic rings. The van der Waals surface area contributed by atoms with Crippen LogP contribution in [0.1, 0.15) is 17.5 Å². The Morgan fingerprint density at radius 1 is 1.10 bits per heavy atom. The van der Waals surface area contributed by atoms with Gasteiger partial charge in [-0.2, -0.15) is 0 Å². The SMILES string of the molecule is Cc1ccc(NC(=O)COC(=O)CN2C(=O)[C@@H]3[C@H]4C[C@@H]([C@H](Cl)[C@H]4Cl)[C@@H]3C2=O)c(C)c1. The molecule has 3 fully saturated rings. The molecule has 1 heterocycles. The van der Waals surface area contributed by atoms with Crippen LogP contribution >= 0.6 is 23.2 Å². The number of rotatable bonds is 5. The van der Waals surface area contributed by atoms with Crippen LogP contribution in [-0.4, -0.2) is 52.5 Å². The van der Waals surface area contributed by atoms with Gasteiger partial charge >= 0.3 is 5.97 Å².